The van der Waals surface area contributed by atoms with E-state index in [4.69, 9.17) is 0 Å². The van der Waals surface area contributed by atoms with Crippen molar-refractivity contribution in [1.29, 1.82) is 0 Å². The molecule has 0 atom stereocenters. The van der Waals surface area contributed by atoms with E-state index in [1.165, 1.54) is 37.7 Å². The Bertz CT molecular complexity index is 991. The van der Waals surface area contributed by atoms with Gasteiger partial charge in [0.1, 0.15) is 5.71 Å². The van der Waals surface area contributed by atoms with Gasteiger partial charge in [-0.05, 0) is 29.5 Å². The van der Waals surface area contributed by atoms with Crippen LogP contribution in [-0.4, -0.2) is 18.6 Å². The minimum atomic E-state index is -0.346. The monoisotopic (exact) mass is 428 g/mol. The van der Waals surface area contributed by atoms with Crippen molar-refractivity contribution >= 4 is 11.9 Å². The van der Waals surface area contributed by atoms with Crippen LogP contribution >= 0.6 is 0 Å². The highest BCUT2D eigenvalue weighted by Crippen LogP contribution is 2.15. The zero-order valence-corrected chi connectivity index (χ0v) is 19.0. The van der Waals surface area contributed by atoms with Gasteiger partial charge in [0.05, 0.1) is 12.9 Å². The Balaban J connectivity index is 1.80. The van der Waals surface area contributed by atoms with E-state index in [1.54, 1.807) is 0 Å². The van der Waals surface area contributed by atoms with Gasteiger partial charge in [-0.1, -0.05) is 111 Å². The van der Waals surface area contributed by atoms with Crippen molar-refractivity contribution in [2.24, 2.45) is 10.2 Å². The Morgan fingerprint density at radius 3 is 2.19 bits per heavy atom. The maximum Gasteiger partial charge on any atom is 0.100 e. The topological polar surface area (TPSA) is 24.7 Å². The summed E-state index contributed by atoms with van der Waals surface area (Å²) in [5, 5.41) is 9.08. The standard InChI is InChI=1S/C29H33FN2/c1-2-3-4-5-7-12-25-13-10-11-16-28(25)23-31-32-29(26-14-8-6-9-15-26)27-19-17-24(18-20-27)21-22-30/h6,8-11,13-20,23H,2-5,7,12,21-22H2,1H3. The smallest absolute Gasteiger partial charge is 0.100 e. The molecule has 0 bridgehead atoms. The number of alkyl halides is 1. The molecular weight excluding hydrogens is 395 g/mol. The summed E-state index contributed by atoms with van der Waals surface area (Å²) >= 11 is 0. The summed E-state index contributed by atoms with van der Waals surface area (Å²) in [7, 11) is 0. The summed E-state index contributed by atoms with van der Waals surface area (Å²) in [4.78, 5) is 0. The van der Waals surface area contributed by atoms with Gasteiger partial charge in [-0.15, -0.1) is 5.10 Å². The Morgan fingerprint density at radius 1 is 0.750 bits per heavy atom. The summed E-state index contributed by atoms with van der Waals surface area (Å²) in [5.74, 6) is 0. The van der Waals surface area contributed by atoms with Gasteiger partial charge >= 0.3 is 0 Å². The molecule has 166 valence electrons. The Hall–Kier alpha value is -3.07. The van der Waals surface area contributed by atoms with Crippen molar-refractivity contribution in [2.45, 2.75) is 51.9 Å². The number of halogens is 1. The molecule has 0 aromatic heterocycles. The SMILES string of the molecule is CCCCCCCc1ccccc1C=NN=C(c1ccccc1)c1ccc(CCF)cc1. The summed E-state index contributed by atoms with van der Waals surface area (Å²) < 4.78 is 12.7. The van der Waals surface area contributed by atoms with E-state index in [1.807, 2.05) is 66.9 Å². The van der Waals surface area contributed by atoms with Gasteiger partial charge in [0.15, 0.2) is 0 Å². The zero-order chi connectivity index (χ0) is 22.4. The van der Waals surface area contributed by atoms with Gasteiger partial charge in [-0.3, -0.25) is 4.39 Å². The van der Waals surface area contributed by atoms with Crippen LogP contribution < -0.4 is 0 Å². The maximum atomic E-state index is 12.7. The van der Waals surface area contributed by atoms with Crippen LogP contribution in [-0.2, 0) is 12.8 Å². The Morgan fingerprint density at radius 2 is 1.44 bits per heavy atom. The summed E-state index contributed by atoms with van der Waals surface area (Å²) in [6, 6.07) is 26.4. The van der Waals surface area contributed by atoms with Gasteiger partial charge in [-0.25, -0.2) is 0 Å². The number of hydrogen-bond donors (Lipinski definition) is 0. The molecular formula is C29H33FN2. The van der Waals surface area contributed by atoms with Crippen LogP contribution in [0, 0.1) is 0 Å². The summed E-state index contributed by atoms with van der Waals surface area (Å²) in [6.07, 6.45) is 9.73. The van der Waals surface area contributed by atoms with E-state index in [0.29, 0.717) is 6.42 Å². The van der Waals surface area contributed by atoms with Crippen molar-refractivity contribution in [2.75, 3.05) is 6.67 Å². The lowest BCUT2D eigenvalue weighted by Gasteiger charge is -2.07. The number of nitrogens with zero attached hydrogens (tertiary/aromatic N) is 2. The number of unbranched alkanes of at least 4 members (excludes halogenated alkanes) is 4. The van der Waals surface area contributed by atoms with Gasteiger partial charge in [0, 0.05) is 17.5 Å². The first kappa shape index (κ1) is 23.6. The van der Waals surface area contributed by atoms with Crippen LogP contribution in [0.3, 0.4) is 0 Å². The molecule has 0 aliphatic heterocycles. The molecule has 0 heterocycles. The predicted octanol–water partition coefficient (Wildman–Crippen LogP) is 7.58. The van der Waals surface area contributed by atoms with Crippen LogP contribution in [0.25, 0.3) is 0 Å². The fraction of sp³-hybridized carbons (Fsp3) is 0.310. The molecule has 0 radical (unpaired) electrons. The first-order valence-corrected chi connectivity index (χ1v) is 11.7. The molecule has 0 aliphatic rings. The van der Waals surface area contributed by atoms with E-state index in [9.17, 15) is 4.39 Å². The first-order chi connectivity index (χ1) is 15.8. The van der Waals surface area contributed by atoms with Crippen LogP contribution in [0.15, 0.2) is 89.1 Å². The van der Waals surface area contributed by atoms with Crippen LogP contribution in [0.1, 0.15) is 66.8 Å². The minimum Gasteiger partial charge on any atom is -0.251 e. The molecule has 0 saturated heterocycles. The molecule has 0 amide bonds. The predicted molar refractivity (Wildman–Crippen MR) is 135 cm³/mol. The Labute approximate surface area is 191 Å². The molecule has 3 aromatic carbocycles. The molecule has 0 N–H and O–H groups in total. The molecule has 2 nitrogen and oxygen atoms in total. The van der Waals surface area contributed by atoms with E-state index < -0.39 is 0 Å². The third-order valence-corrected chi connectivity index (χ3v) is 5.62. The lowest BCUT2D eigenvalue weighted by atomic mass is 10.0. The van der Waals surface area contributed by atoms with Gasteiger partial charge < -0.3 is 0 Å². The summed E-state index contributed by atoms with van der Waals surface area (Å²) in [6.45, 7) is 1.90. The average Bonchev–Trinajstić information content (AvgIpc) is 2.84. The van der Waals surface area contributed by atoms with Gasteiger partial charge in [-0.2, -0.15) is 5.10 Å². The molecule has 0 spiro atoms. The third kappa shape index (κ3) is 7.26. The van der Waals surface area contributed by atoms with Crippen molar-refractivity contribution < 1.29 is 4.39 Å². The van der Waals surface area contributed by atoms with Crippen LogP contribution in [0.2, 0.25) is 0 Å². The number of benzene rings is 3. The lowest BCUT2D eigenvalue weighted by Crippen LogP contribution is -2.03. The second-order valence-corrected chi connectivity index (χ2v) is 8.06. The van der Waals surface area contributed by atoms with Crippen molar-refractivity contribution in [3.63, 3.8) is 0 Å². The molecule has 3 rings (SSSR count). The van der Waals surface area contributed by atoms with E-state index in [2.05, 4.69) is 35.3 Å². The highest BCUT2D eigenvalue weighted by Gasteiger charge is 2.07. The first-order valence-electron chi connectivity index (χ1n) is 11.7. The van der Waals surface area contributed by atoms with Crippen molar-refractivity contribution in [3.05, 3.63) is 107 Å². The van der Waals surface area contributed by atoms with Crippen molar-refractivity contribution in [3.8, 4) is 0 Å². The lowest BCUT2D eigenvalue weighted by molar-refractivity contribution is 0.495. The number of hydrogen-bond acceptors (Lipinski definition) is 2. The zero-order valence-electron chi connectivity index (χ0n) is 19.0. The number of aryl methyl sites for hydroxylation is 2. The average molecular weight is 429 g/mol. The van der Waals surface area contributed by atoms with Gasteiger partial charge in [0.2, 0.25) is 0 Å². The fourth-order valence-corrected chi connectivity index (χ4v) is 3.77. The molecule has 0 aliphatic carbocycles. The molecule has 0 fully saturated rings. The van der Waals surface area contributed by atoms with E-state index in [0.717, 1.165) is 34.4 Å². The van der Waals surface area contributed by atoms with Crippen molar-refractivity contribution in [1.82, 2.24) is 0 Å². The quantitative estimate of drug-likeness (QED) is 0.161. The normalized spacial score (nSPS) is 11.9. The maximum absolute atomic E-state index is 12.7. The van der Waals surface area contributed by atoms with E-state index in [-0.39, 0.29) is 6.67 Å². The third-order valence-electron chi connectivity index (χ3n) is 5.62. The van der Waals surface area contributed by atoms with Crippen LogP contribution in [0.5, 0.6) is 0 Å². The second kappa shape index (κ2) is 13.4. The molecule has 0 unspecified atom stereocenters. The second-order valence-electron chi connectivity index (χ2n) is 8.06. The molecule has 3 aromatic rings. The molecule has 0 saturated carbocycles. The highest BCUT2D eigenvalue weighted by atomic mass is 19.1. The fourth-order valence-electron chi connectivity index (χ4n) is 3.77. The van der Waals surface area contributed by atoms with Crippen LogP contribution in [0.4, 0.5) is 4.39 Å². The molecule has 3 heteroatoms. The van der Waals surface area contributed by atoms with Gasteiger partial charge in [0.25, 0.3) is 0 Å². The Kier molecular flexibility index (Phi) is 9.85. The largest absolute Gasteiger partial charge is 0.251 e. The highest BCUT2D eigenvalue weighted by molar-refractivity contribution is 6.13. The minimum absolute atomic E-state index is 0.346. The number of rotatable bonds is 12. The summed E-state index contributed by atoms with van der Waals surface area (Å²) in [5.41, 5.74) is 6.22. The molecule has 32 heavy (non-hydrogen) atoms. The van der Waals surface area contributed by atoms with E-state index >= 15 is 0 Å².